The van der Waals surface area contributed by atoms with Gasteiger partial charge in [0.2, 0.25) is 0 Å². The molecule has 0 atom stereocenters. The molecule has 0 aliphatic rings. The van der Waals surface area contributed by atoms with Gasteiger partial charge in [-0.25, -0.2) is 4.79 Å². The minimum atomic E-state index is -1.15. The Hall–Kier alpha value is -1.88. The lowest BCUT2D eigenvalue weighted by atomic mass is 10.2. The Morgan fingerprint density at radius 1 is 1.47 bits per heavy atom. The highest BCUT2D eigenvalue weighted by molar-refractivity contribution is 6.32. The van der Waals surface area contributed by atoms with Crippen LogP contribution in [-0.4, -0.2) is 21.3 Å². The molecular formula is C9H5ClN2O3. The predicted molar refractivity (Wildman–Crippen MR) is 51.7 cm³/mol. The second kappa shape index (κ2) is 3.70. The van der Waals surface area contributed by atoms with E-state index in [1.165, 1.54) is 12.3 Å². The van der Waals surface area contributed by atoms with Gasteiger partial charge in [-0.05, 0) is 18.2 Å². The molecule has 0 saturated carbocycles. The highest BCUT2D eigenvalue weighted by Crippen LogP contribution is 2.20. The normalized spacial score (nSPS) is 10.2. The smallest absolute Gasteiger partial charge is 0.338 e. The molecule has 0 radical (unpaired) electrons. The summed E-state index contributed by atoms with van der Waals surface area (Å²) in [4.78, 5) is 10.8. The molecule has 6 heteroatoms. The minimum Gasteiger partial charge on any atom is -0.478 e. The molecule has 0 aliphatic carbocycles. The Balaban J connectivity index is 2.52. The molecule has 2 rings (SSSR count). The van der Waals surface area contributed by atoms with Crippen molar-refractivity contribution in [3.8, 4) is 11.5 Å². The summed E-state index contributed by atoms with van der Waals surface area (Å²) in [6.45, 7) is 0. The van der Waals surface area contributed by atoms with Gasteiger partial charge in [0, 0.05) is 0 Å². The zero-order chi connectivity index (χ0) is 10.8. The number of aromatic nitrogens is 2. The van der Waals surface area contributed by atoms with Gasteiger partial charge in [-0.3, -0.25) is 0 Å². The lowest BCUT2D eigenvalue weighted by Gasteiger charge is -1.99. The molecule has 0 fully saturated rings. The van der Waals surface area contributed by atoms with Crippen molar-refractivity contribution in [2.24, 2.45) is 0 Å². The lowest BCUT2D eigenvalue weighted by Crippen LogP contribution is -2.01. The number of nitrogens with zero attached hydrogens (tertiary/aromatic N) is 2. The van der Waals surface area contributed by atoms with Crippen LogP contribution < -0.4 is 0 Å². The van der Waals surface area contributed by atoms with Crippen LogP contribution in [-0.2, 0) is 0 Å². The maximum absolute atomic E-state index is 10.8. The van der Waals surface area contributed by atoms with Crippen molar-refractivity contribution in [2.45, 2.75) is 0 Å². The van der Waals surface area contributed by atoms with Gasteiger partial charge in [0.05, 0.1) is 6.26 Å². The van der Waals surface area contributed by atoms with Gasteiger partial charge >= 0.3 is 5.97 Å². The number of rotatable bonds is 2. The standard InChI is InChI=1S/C9H5ClN2O3/c10-8-5(9(13)14)4-6(11-12-8)7-2-1-3-15-7/h1-4H,(H,13,14). The van der Waals surface area contributed by atoms with E-state index in [1.54, 1.807) is 12.1 Å². The van der Waals surface area contributed by atoms with E-state index >= 15 is 0 Å². The third-order valence-corrected chi connectivity index (χ3v) is 2.03. The zero-order valence-electron chi connectivity index (χ0n) is 7.35. The van der Waals surface area contributed by atoms with E-state index in [-0.39, 0.29) is 10.7 Å². The van der Waals surface area contributed by atoms with Gasteiger partial charge in [-0.2, -0.15) is 0 Å². The van der Waals surface area contributed by atoms with Gasteiger partial charge in [0.25, 0.3) is 0 Å². The highest BCUT2D eigenvalue weighted by Gasteiger charge is 2.13. The Bertz CT molecular complexity index is 496. The molecule has 0 unspecified atom stereocenters. The van der Waals surface area contributed by atoms with Crippen LogP contribution in [0.15, 0.2) is 28.9 Å². The monoisotopic (exact) mass is 224 g/mol. The fourth-order valence-corrected chi connectivity index (χ4v) is 1.24. The van der Waals surface area contributed by atoms with E-state index in [1.807, 2.05) is 0 Å². The summed E-state index contributed by atoms with van der Waals surface area (Å²) >= 11 is 5.57. The molecule has 2 aromatic heterocycles. The molecule has 1 N–H and O–H groups in total. The van der Waals surface area contributed by atoms with Gasteiger partial charge in [-0.1, -0.05) is 11.6 Å². The molecule has 2 heterocycles. The maximum atomic E-state index is 10.8. The summed E-state index contributed by atoms with van der Waals surface area (Å²) in [7, 11) is 0. The van der Waals surface area contributed by atoms with Crippen LogP contribution in [0.3, 0.4) is 0 Å². The van der Waals surface area contributed by atoms with Crippen molar-refractivity contribution in [1.82, 2.24) is 10.2 Å². The molecule has 2 aromatic rings. The first-order valence-corrected chi connectivity index (χ1v) is 4.36. The first-order valence-electron chi connectivity index (χ1n) is 3.99. The van der Waals surface area contributed by atoms with Crippen molar-refractivity contribution in [3.05, 3.63) is 35.2 Å². The third kappa shape index (κ3) is 1.82. The van der Waals surface area contributed by atoms with Crippen molar-refractivity contribution in [2.75, 3.05) is 0 Å². The van der Waals surface area contributed by atoms with Gasteiger partial charge in [-0.15, -0.1) is 10.2 Å². The van der Waals surface area contributed by atoms with Gasteiger partial charge in [0.1, 0.15) is 11.3 Å². The first kappa shape index (κ1) is 9.67. The summed E-state index contributed by atoms with van der Waals surface area (Å²) < 4.78 is 5.06. The number of carboxylic acid groups (broad SMARTS) is 1. The SMILES string of the molecule is O=C(O)c1cc(-c2ccco2)nnc1Cl. The number of furan rings is 1. The number of carboxylic acids is 1. The summed E-state index contributed by atoms with van der Waals surface area (Å²) in [5.41, 5.74) is 0.236. The largest absolute Gasteiger partial charge is 0.478 e. The Morgan fingerprint density at radius 3 is 2.87 bits per heavy atom. The number of hydrogen-bond donors (Lipinski definition) is 1. The van der Waals surface area contributed by atoms with E-state index < -0.39 is 5.97 Å². The molecule has 0 saturated heterocycles. The first-order chi connectivity index (χ1) is 7.18. The second-order valence-electron chi connectivity index (χ2n) is 2.72. The Labute approximate surface area is 89.3 Å². The van der Waals surface area contributed by atoms with Crippen molar-refractivity contribution in [3.63, 3.8) is 0 Å². The zero-order valence-corrected chi connectivity index (χ0v) is 8.10. The Morgan fingerprint density at radius 2 is 2.27 bits per heavy atom. The summed E-state index contributed by atoms with van der Waals surface area (Å²) in [6.07, 6.45) is 1.46. The quantitative estimate of drug-likeness (QED) is 0.845. The molecular weight excluding hydrogens is 220 g/mol. The highest BCUT2D eigenvalue weighted by atomic mass is 35.5. The molecule has 0 aromatic carbocycles. The lowest BCUT2D eigenvalue weighted by molar-refractivity contribution is 0.0696. The summed E-state index contributed by atoms with van der Waals surface area (Å²) in [5.74, 6) is -0.704. The number of hydrogen-bond acceptors (Lipinski definition) is 4. The van der Waals surface area contributed by atoms with Gasteiger partial charge < -0.3 is 9.52 Å². The van der Waals surface area contributed by atoms with Crippen LogP contribution >= 0.6 is 11.6 Å². The summed E-state index contributed by atoms with van der Waals surface area (Å²) in [6, 6.07) is 4.64. The molecule has 5 nitrogen and oxygen atoms in total. The number of halogens is 1. The maximum Gasteiger partial charge on any atom is 0.338 e. The second-order valence-corrected chi connectivity index (χ2v) is 3.07. The molecule has 0 bridgehead atoms. The topological polar surface area (TPSA) is 76.2 Å². The van der Waals surface area contributed by atoms with Crippen molar-refractivity contribution >= 4 is 17.6 Å². The average molecular weight is 225 g/mol. The van der Waals surface area contributed by atoms with Crippen LogP contribution in [0.4, 0.5) is 0 Å². The number of carbonyl (C=O) groups is 1. The minimum absolute atomic E-state index is 0.0990. The molecule has 0 aliphatic heterocycles. The fourth-order valence-electron chi connectivity index (χ4n) is 1.07. The van der Waals surface area contributed by atoms with Crippen LogP contribution in [0.5, 0.6) is 0 Å². The van der Waals surface area contributed by atoms with Crippen LogP contribution in [0.25, 0.3) is 11.5 Å². The van der Waals surface area contributed by atoms with E-state index in [2.05, 4.69) is 10.2 Å². The van der Waals surface area contributed by atoms with Crippen LogP contribution in [0, 0.1) is 0 Å². The summed E-state index contributed by atoms with van der Waals surface area (Å²) in [5, 5.41) is 15.9. The molecule has 15 heavy (non-hydrogen) atoms. The fraction of sp³-hybridized carbons (Fsp3) is 0. The number of aromatic carboxylic acids is 1. The Kier molecular flexibility index (Phi) is 2.39. The van der Waals surface area contributed by atoms with E-state index in [0.717, 1.165) is 0 Å². The molecule has 0 amide bonds. The van der Waals surface area contributed by atoms with Gasteiger partial charge in [0.15, 0.2) is 10.9 Å². The molecule has 0 spiro atoms. The van der Waals surface area contributed by atoms with E-state index in [0.29, 0.717) is 11.5 Å². The van der Waals surface area contributed by atoms with Crippen LogP contribution in [0.1, 0.15) is 10.4 Å². The average Bonchev–Trinajstić information content (AvgIpc) is 2.71. The van der Waals surface area contributed by atoms with E-state index in [9.17, 15) is 4.79 Å². The molecule has 76 valence electrons. The third-order valence-electron chi connectivity index (χ3n) is 1.75. The van der Waals surface area contributed by atoms with Crippen molar-refractivity contribution in [1.29, 1.82) is 0 Å². The van der Waals surface area contributed by atoms with E-state index in [4.69, 9.17) is 21.1 Å². The van der Waals surface area contributed by atoms with Crippen LogP contribution in [0.2, 0.25) is 5.15 Å². The van der Waals surface area contributed by atoms with Crippen molar-refractivity contribution < 1.29 is 14.3 Å². The predicted octanol–water partition coefficient (Wildman–Crippen LogP) is 2.09.